The van der Waals surface area contributed by atoms with Crippen LogP contribution in [-0.2, 0) is 11.3 Å². The van der Waals surface area contributed by atoms with Crippen molar-refractivity contribution in [3.63, 3.8) is 0 Å². The summed E-state index contributed by atoms with van der Waals surface area (Å²) in [5.41, 5.74) is 4.37. The van der Waals surface area contributed by atoms with E-state index in [0.29, 0.717) is 19.5 Å². The molecule has 0 aliphatic heterocycles. The van der Waals surface area contributed by atoms with Crippen LogP contribution in [0.4, 0.5) is 5.69 Å². The minimum Gasteiger partial charge on any atom is -0.385 e. The summed E-state index contributed by atoms with van der Waals surface area (Å²) in [5.74, 6) is 0.0255. The van der Waals surface area contributed by atoms with Gasteiger partial charge in [-0.15, -0.1) is 0 Å². The molecule has 1 aromatic carbocycles. The summed E-state index contributed by atoms with van der Waals surface area (Å²) >= 11 is 0. The molecule has 0 saturated carbocycles. The van der Waals surface area contributed by atoms with E-state index in [1.165, 1.54) is 11.1 Å². The number of carbonyl (C=O) groups is 1. The fourth-order valence-corrected chi connectivity index (χ4v) is 2.18. The van der Waals surface area contributed by atoms with Gasteiger partial charge in [0.1, 0.15) is 0 Å². The first-order valence-electron chi connectivity index (χ1n) is 7.12. The maximum Gasteiger partial charge on any atom is 0.222 e. The molecule has 4 nitrogen and oxygen atoms in total. The van der Waals surface area contributed by atoms with Crippen molar-refractivity contribution in [2.45, 2.75) is 26.8 Å². The van der Waals surface area contributed by atoms with E-state index in [1.54, 1.807) is 6.20 Å². The molecule has 0 radical (unpaired) electrons. The second-order valence-corrected chi connectivity index (χ2v) is 5.15. The Balaban J connectivity index is 1.72. The van der Waals surface area contributed by atoms with E-state index in [4.69, 9.17) is 0 Å². The van der Waals surface area contributed by atoms with Crippen molar-refractivity contribution in [2.75, 3.05) is 11.9 Å². The van der Waals surface area contributed by atoms with Crippen LogP contribution in [0.25, 0.3) is 0 Å². The summed E-state index contributed by atoms with van der Waals surface area (Å²) in [4.78, 5) is 15.9. The van der Waals surface area contributed by atoms with Crippen molar-refractivity contribution in [3.8, 4) is 0 Å². The van der Waals surface area contributed by atoms with Gasteiger partial charge in [0.05, 0.1) is 12.2 Å². The summed E-state index contributed by atoms with van der Waals surface area (Å²) in [5, 5.41) is 6.15. The summed E-state index contributed by atoms with van der Waals surface area (Å²) in [6.07, 6.45) is 2.17. The number of rotatable bonds is 6. The minimum atomic E-state index is 0.0255. The molecule has 1 aromatic heterocycles. The molecule has 0 fully saturated rings. The zero-order chi connectivity index (χ0) is 15.1. The molecule has 2 rings (SSSR count). The molecule has 0 atom stereocenters. The Morgan fingerprint density at radius 3 is 2.57 bits per heavy atom. The van der Waals surface area contributed by atoms with Gasteiger partial charge in [-0.25, -0.2) is 0 Å². The number of hydrogen-bond donors (Lipinski definition) is 2. The Kier molecular flexibility index (Phi) is 5.32. The van der Waals surface area contributed by atoms with Crippen LogP contribution in [0, 0.1) is 13.8 Å². The third kappa shape index (κ3) is 5.26. The van der Waals surface area contributed by atoms with Crippen LogP contribution in [0.1, 0.15) is 23.2 Å². The third-order valence-corrected chi connectivity index (χ3v) is 3.10. The van der Waals surface area contributed by atoms with Crippen molar-refractivity contribution in [1.29, 1.82) is 0 Å². The Bertz CT molecular complexity index is 576. The molecule has 1 amide bonds. The fourth-order valence-electron chi connectivity index (χ4n) is 2.18. The van der Waals surface area contributed by atoms with Crippen molar-refractivity contribution in [1.82, 2.24) is 10.3 Å². The monoisotopic (exact) mass is 283 g/mol. The van der Waals surface area contributed by atoms with Crippen LogP contribution < -0.4 is 10.6 Å². The summed E-state index contributed by atoms with van der Waals surface area (Å²) in [6.45, 7) is 5.23. The second-order valence-electron chi connectivity index (χ2n) is 5.15. The number of amides is 1. The number of carbonyl (C=O) groups excluding carboxylic acids is 1. The zero-order valence-electron chi connectivity index (χ0n) is 12.5. The Morgan fingerprint density at radius 1 is 1.14 bits per heavy atom. The maximum atomic E-state index is 11.8. The largest absolute Gasteiger partial charge is 0.385 e. The van der Waals surface area contributed by atoms with Crippen LogP contribution in [0.2, 0.25) is 0 Å². The van der Waals surface area contributed by atoms with E-state index in [0.717, 1.165) is 11.4 Å². The first-order valence-corrected chi connectivity index (χ1v) is 7.12. The van der Waals surface area contributed by atoms with E-state index in [-0.39, 0.29) is 5.91 Å². The predicted molar refractivity (Wildman–Crippen MR) is 85.1 cm³/mol. The molecule has 110 valence electrons. The van der Waals surface area contributed by atoms with Crippen LogP contribution in [-0.4, -0.2) is 17.4 Å². The Morgan fingerprint density at radius 2 is 1.90 bits per heavy atom. The van der Waals surface area contributed by atoms with Crippen molar-refractivity contribution < 1.29 is 4.79 Å². The van der Waals surface area contributed by atoms with Crippen LogP contribution in [0.3, 0.4) is 0 Å². The van der Waals surface area contributed by atoms with Crippen LogP contribution in [0.15, 0.2) is 42.6 Å². The standard InChI is InChI=1S/C17H21N3O/c1-13-9-14(2)11-16(10-13)19-8-6-17(21)20-12-15-5-3-4-7-18-15/h3-5,7,9-11,19H,6,8,12H2,1-2H3,(H,20,21). The summed E-state index contributed by atoms with van der Waals surface area (Å²) < 4.78 is 0. The molecule has 0 aliphatic rings. The minimum absolute atomic E-state index is 0.0255. The van der Waals surface area contributed by atoms with E-state index < -0.39 is 0 Å². The number of anilines is 1. The highest BCUT2D eigenvalue weighted by atomic mass is 16.1. The van der Waals surface area contributed by atoms with Gasteiger partial charge in [0.2, 0.25) is 5.91 Å². The van der Waals surface area contributed by atoms with Crippen molar-refractivity contribution >= 4 is 11.6 Å². The summed E-state index contributed by atoms with van der Waals surface area (Å²) in [7, 11) is 0. The molecule has 4 heteroatoms. The van der Waals surface area contributed by atoms with E-state index >= 15 is 0 Å². The number of aromatic nitrogens is 1. The van der Waals surface area contributed by atoms with Gasteiger partial charge >= 0.3 is 0 Å². The number of pyridine rings is 1. The van der Waals surface area contributed by atoms with Gasteiger partial charge in [-0.3, -0.25) is 9.78 Å². The highest BCUT2D eigenvalue weighted by molar-refractivity contribution is 5.76. The summed E-state index contributed by atoms with van der Waals surface area (Å²) in [6, 6.07) is 12.0. The van der Waals surface area contributed by atoms with Gasteiger partial charge in [-0.05, 0) is 49.2 Å². The van der Waals surface area contributed by atoms with E-state index in [1.807, 2.05) is 18.2 Å². The van der Waals surface area contributed by atoms with Gasteiger partial charge in [-0.2, -0.15) is 0 Å². The topological polar surface area (TPSA) is 54.0 Å². The highest BCUT2D eigenvalue weighted by Crippen LogP contribution is 2.13. The van der Waals surface area contributed by atoms with Crippen molar-refractivity contribution in [2.24, 2.45) is 0 Å². The molecular formula is C17H21N3O. The third-order valence-electron chi connectivity index (χ3n) is 3.10. The number of nitrogens with zero attached hydrogens (tertiary/aromatic N) is 1. The van der Waals surface area contributed by atoms with E-state index in [9.17, 15) is 4.79 Å². The molecule has 0 bridgehead atoms. The normalized spacial score (nSPS) is 10.2. The van der Waals surface area contributed by atoms with Crippen LogP contribution >= 0.6 is 0 Å². The quantitative estimate of drug-likeness (QED) is 0.857. The smallest absolute Gasteiger partial charge is 0.222 e. The molecule has 0 aliphatic carbocycles. The van der Waals surface area contributed by atoms with Gasteiger partial charge in [0, 0.05) is 24.8 Å². The fraction of sp³-hybridized carbons (Fsp3) is 0.294. The molecular weight excluding hydrogens is 262 g/mol. The SMILES string of the molecule is Cc1cc(C)cc(NCCC(=O)NCc2ccccn2)c1. The predicted octanol–water partition coefficient (Wildman–Crippen LogP) is 2.82. The molecule has 2 N–H and O–H groups in total. The van der Waals surface area contributed by atoms with Gasteiger partial charge in [0.25, 0.3) is 0 Å². The Hall–Kier alpha value is -2.36. The lowest BCUT2D eigenvalue weighted by molar-refractivity contribution is -0.121. The van der Waals surface area contributed by atoms with Gasteiger partial charge in [-0.1, -0.05) is 12.1 Å². The molecule has 21 heavy (non-hydrogen) atoms. The second kappa shape index (κ2) is 7.43. The number of benzene rings is 1. The zero-order valence-corrected chi connectivity index (χ0v) is 12.5. The van der Waals surface area contributed by atoms with Crippen LogP contribution in [0.5, 0.6) is 0 Å². The first-order chi connectivity index (χ1) is 10.1. The lowest BCUT2D eigenvalue weighted by atomic mass is 10.1. The average molecular weight is 283 g/mol. The highest BCUT2D eigenvalue weighted by Gasteiger charge is 2.02. The molecule has 2 aromatic rings. The Labute approximate surface area is 125 Å². The number of nitrogens with one attached hydrogen (secondary N) is 2. The first kappa shape index (κ1) is 15.0. The average Bonchev–Trinajstić information content (AvgIpc) is 2.45. The number of aryl methyl sites for hydroxylation is 2. The lowest BCUT2D eigenvalue weighted by Gasteiger charge is -2.09. The van der Waals surface area contributed by atoms with Gasteiger partial charge < -0.3 is 10.6 Å². The molecule has 0 saturated heterocycles. The molecule has 0 unspecified atom stereocenters. The maximum absolute atomic E-state index is 11.8. The van der Waals surface area contributed by atoms with Gasteiger partial charge in [0.15, 0.2) is 0 Å². The number of hydrogen-bond acceptors (Lipinski definition) is 3. The molecule has 0 spiro atoms. The molecule has 1 heterocycles. The lowest BCUT2D eigenvalue weighted by Crippen LogP contribution is -2.25. The van der Waals surface area contributed by atoms with Crippen molar-refractivity contribution in [3.05, 3.63) is 59.4 Å². The van der Waals surface area contributed by atoms with E-state index in [2.05, 4.69) is 47.7 Å².